The lowest BCUT2D eigenvalue weighted by Crippen LogP contribution is -2.27. The van der Waals surface area contributed by atoms with Crippen LogP contribution in [0, 0.1) is 0 Å². The third-order valence-corrected chi connectivity index (χ3v) is 4.45. The standard InChI is InChI=1S/C20H18N4O3S/c1-25-18-9-16-17(10-19(18)26-2)24-15-8-12(5-6-14(15)23-16)22-20(28)21-11-13-4-3-7-27-13/h3-10H,11H2,1-2H3,(H2,21,22,28). The number of furan rings is 1. The summed E-state index contributed by atoms with van der Waals surface area (Å²) in [5.41, 5.74) is 3.80. The first-order valence-corrected chi connectivity index (χ1v) is 8.98. The zero-order valence-electron chi connectivity index (χ0n) is 15.4. The number of anilines is 1. The second-order valence-corrected chi connectivity index (χ2v) is 6.42. The fraction of sp³-hybridized carbons (Fsp3) is 0.150. The van der Waals surface area contributed by atoms with Gasteiger partial charge in [0.2, 0.25) is 0 Å². The Kier molecular flexibility index (Phi) is 4.94. The van der Waals surface area contributed by atoms with Crippen LogP contribution in [0.4, 0.5) is 5.69 Å². The Hall–Kier alpha value is -3.39. The Labute approximate surface area is 166 Å². The highest BCUT2D eigenvalue weighted by atomic mass is 32.1. The molecular formula is C20H18N4O3S. The van der Waals surface area contributed by atoms with Gasteiger partial charge in [-0.05, 0) is 42.5 Å². The third-order valence-electron chi connectivity index (χ3n) is 4.20. The smallest absolute Gasteiger partial charge is 0.171 e. The molecule has 2 N–H and O–H groups in total. The predicted octanol–water partition coefficient (Wildman–Crippen LogP) is 3.88. The number of methoxy groups -OCH3 is 2. The van der Waals surface area contributed by atoms with Crippen LogP contribution in [-0.4, -0.2) is 29.3 Å². The van der Waals surface area contributed by atoms with Gasteiger partial charge in [-0.1, -0.05) is 0 Å². The fourth-order valence-electron chi connectivity index (χ4n) is 2.84. The molecule has 7 nitrogen and oxygen atoms in total. The minimum atomic E-state index is 0.496. The quantitative estimate of drug-likeness (QED) is 0.390. The van der Waals surface area contributed by atoms with Crippen LogP contribution in [0.15, 0.2) is 53.1 Å². The van der Waals surface area contributed by atoms with Gasteiger partial charge in [-0.25, -0.2) is 9.97 Å². The maximum Gasteiger partial charge on any atom is 0.171 e. The Balaban J connectivity index is 1.58. The molecule has 2 aromatic heterocycles. The molecule has 0 radical (unpaired) electrons. The molecule has 0 fully saturated rings. The zero-order valence-corrected chi connectivity index (χ0v) is 16.2. The Morgan fingerprint density at radius 2 is 1.64 bits per heavy atom. The molecule has 0 aliphatic heterocycles. The lowest BCUT2D eigenvalue weighted by molar-refractivity contribution is 0.355. The molecule has 0 aliphatic carbocycles. The van der Waals surface area contributed by atoms with E-state index in [9.17, 15) is 0 Å². The van der Waals surface area contributed by atoms with E-state index < -0.39 is 0 Å². The number of hydrogen-bond acceptors (Lipinski definition) is 6. The molecule has 4 rings (SSSR count). The number of fused-ring (bicyclic) bond motifs is 2. The summed E-state index contributed by atoms with van der Waals surface area (Å²) in [6.45, 7) is 0.512. The molecule has 8 heteroatoms. The first-order valence-electron chi connectivity index (χ1n) is 8.57. The average molecular weight is 394 g/mol. The lowest BCUT2D eigenvalue weighted by Gasteiger charge is -2.11. The first-order chi connectivity index (χ1) is 13.7. The van der Waals surface area contributed by atoms with Crippen molar-refractivity contribution in [2.24, 2.45) is 0 Å². The van der Waals surface area contributed by atoms with Crippen LogP contribution in [0.2, 0.25) is 0 Å². The van der Waals surface area contributed by atoms with Crippen LogP contribution >= 0.6 is 12.2 Å². The molecule has 0 unspecified atom stereocenters. The van der Waals surface area contributed by atoms with E-state index in [4.69, 9.17) is 31.1 Å². The summed E-state index contributed by atoms with van der Waals surface area (Å²) in [6.07, 6.45) is 1.63. The summed E-state index contributed by atoms with van der Waals surface area (Å²) >= 11 is 5.34. The van der Waals surface area contributed by atoms with Gasteiger partial charge in [-0.2, -0.15) is 0 Å². The van der Waals surface area contributed by atoms with Gasteiger partial charge < -0.3 is 24.5 Å². The summed E-state index contributed by atoms with van der Waals surface area (Å²) in [5, 5.41) is 6.75. The fourth-order valence-corrected chi connectivity index (χ4v) is 3.03. The highest BCUT2D eigenvalue weighted by Gasteiger charge is 2.10. The van der Waals surface area contributed by atoms with Crippen molar-refractivity contribution in [1.29, 1.82) is 0 Å². The van der Waals surface area contributed by atoms with E-state index >= 15 is 0 Å². The van der Waals surface area contributed by atoms with Crippen molar-refractivity contribution >= 4 is 45.1 Å². The lowest BCUT2D eigenvalue weighted by atomic mass is 10.2. The Bertz CT molecular complexity index is 1150. The molecule has 0 bridgehead atoms. The van der Waals surface area contributed by atoms with Gasteiger partial charge in [-0.3, -0.25) is 0 Å². The van der Waals surface area contributed by atoms with Crippen molar-refractivity contribution in [2.45, 2.75) is 6.54 Å². The van der Waals surface area contributed by atoms with Crippen molar-refractivity contribution in [1.82, 2.24) is 15.3 Å². The summed E-state index contributed by atoms with van der Waals surface area (Å²) in [6, 6.07) is 13.1. The van der Waals surface area contributed by atoms with Crippen molar-refractivity contribution in [3.05, 3.63) is 54.5 Å². The van der Waals surface area contributed by atoms with Gasteiger partial charge in [-0.15, -0.1) is 0 Å². The van der Waals surface area contributed by atoms with Gasteiger partial charge in [0.05, 0.1) is 49.1 Å². The van der Waals surface area contributed by atoms with E-state index in [0.29, 0.717) is 23.2 Å². The molecule has 28 heavy (non-hydrogen) atoms. The molecular weight excluding hydrogens is 376 g/mol. The van der Waals surface area contributed by atoms with Crippen LogP contribution in [0.5, 0.6) is 11.5 Å². The number of aromatic nitrogens is 2. The van der Waals surface area contributed by atoms with Crippen molar-refractivity contribution in [2.75, 3.05) is 19.5 Å². The molecule has 2 aromatic carbocycles. The number of hydrogen-bond donors (Lipinski definition) is 2. The maximum absolute atomic E-state index is 5.35. The number of ether oxygens (including phenoxy) is 2. The van der Waals surface area contributed by atoms with Crippen molar-refractivity contribution < 1.29 is 13.9 Å². The van der Waals surface area contributed by atoms with Gasteiger partial charge in [0, 0.05) is 17.8 Å². The van der Waals surface area contributed by atoms with E-state index in [0.717, 1.165) is 33.5 Å². The Morgan fingerprint density at radius 1 is 0.964 bits per heavy atom. The SMILES string of the molecule is COc1cc2nc3ccc(NC(=S)NCc4ccco4)cc3nc2cc1OC. The van der Waals surface area contributed by atoms with Crippen LogP contribution in [0.25, 0.3) is 22.1 Å². The number of thiocarbonyl (C=S) groups is 1. The largest absolute Gasteiger partial charge is 0.493 e. The predicted molar refractivity (Wildman–Crippen MR) is 112 cm³/mol. The molecule has 0 aliphatic rings. The third kappa shape index (κ3) is 3.67. The summed E-state index contributed by atoms with van der Waals surface area (Å²) in [7, 11) is 3.19. The molecule has 0 amide bonds. The monoisotopic (exact) mass is 394 g/mol. The summed E-state index contributed by atoms with van der Waals surface area (Å²) < 4.78 is 16.0. The number of rotatable bonds is 5. The second-order valence-electron chi connectivity index (χ2n) is 6.01. The number of nitrogens with one attached hydrogen (secondary N) is 2. The Morgan fingerprint density at radius 3 is 2.29 bits per heavy atom. The van der Waals surface area contributed by atoms with Gasteiger partial charge in [0.25, 0.3) is 0 Å². The minimum absolute atomic E-state index is 0.496. The van der Waals surface area contributed by atoms with Crippen LogP contribution in [0.1, 0.15) is 5.76 Å². The van der Waals surface area contributed by atoms with Crippen LogP contribution in [-0.2, 0) is 6.54 Å². The molecule has 0 spiro atoms. The first kappa shape index (κ1) is 18.0. The maximum atomic E-state index is 5.35. The average Bonchev–Trinajstić information content (AvgIpc) is 3.23. The van der Waals surface area contributed by atoms with E-state index in [1.54, 1.807) is 20.5 Å². The van der Waals surface area contributed by atoms with Gasteiger partial charge >= 0.3 is 0 Å². The summed E-state index contributed by atoms with van der Waals surface area (Å²) in [4.78, 5) is 9.36. The molecule has 0 saturated heterocycles. The topological polar surface area (TPSA) is 81.4 Å². The second kappa shape index (κ2) is 7.69. The molecule has 0 saturated carbocycles. The van der Waals surface area contributed by atoms with E-state index in [1.807, 2.05) is 42.5 Å². The van der Waals surface area contributed by atoms with Crippen molar-refractivity contribution in [3.63, 3.8) is 0 Å². The highest BCUT2D eigenvalue weighted by Crippen LogP contribution is 2.31. The van der Waals surface area contributed by atoms with Crippen molar-refractivity contribution in [3.8, 4) is 11.5 Å². The number of nitrogens with zero attached hydrogens (tertiary/aromatic N) is 2. The highest BCUT2D eigenvalue weighted by molar-refractivity contribution is 7.80. The van der Waals surface area contributed by atoms with Crippen LogP contribution < -0.4 is 20.1 Å². The summed E-state index contributed by atoms with van der Waals surface area (Å²) in [5.74, 6) is 2.04. The molecule has 4 aromatic rings. The van der Waals surface area contributed by atoms with Gasteiger partial charge in [0.1, 0.15) is 5.76 Å². The molecule has 0 atom stereocenters. The van der Waals surface area contributed by atoms with E-state index in [-0.39, 0.29) is 0 Å². The number of benzene rings is 2. The molecule has 2 heterocycles. The van der Waals surface area contributed by atoms with Crippen LogP contribution in [0.3, 0.4) is 0 Å². The normalized spacial score (nSPS) is 10.8. The molecule has 142 valence electrons. The van der Waals surface area contributed by atoms with E-state index in [1.165, 1.54) is 0 Å². The minimum Gasteiger partial charge on any atom is -0.493 e. The van der Waals surface area contributed by atoms with Gasteiger partial charge in [0.15, 0.2) is 16.6 Å². The zero-order chi connectivity index (χ0) is 19.5. The van der Waals surface area contributed by atoms with E-state index in [2.05, 4.69) is 15.6 Å².